The molecule has 100 valence electrons. The van der Waals surface area contributed by atoms with Crippen LogP contribution in [0, 0.1) is 11.3 Å². The van der Waals surface area contributed by atoms with Crippen molar-refractivity contribution in [3.05, 3.63) is 35.4 Å². The van der Waals surface area contributed by atoms with E-state index in [0.29, 0.717) is 36.9 Å². The van der Waals surface area contributed by atoms with Gasteiger partial charge in [0.15, 0.2) is 5.78 Å². The molecule has 1 aliphatic heterocycles. The lowest BCUT2D eigenvalue weighted by Crippen LogP contribution is -2.47. The van der Waals surface area contributed by atoms with Crippen LogP contribution in [0.2, 0.25) is 0 Å². The lowest BCUT2D eigenvalue weighted by atomic mass is 10.1. The average molecular weight is 258 g/mol. The first-order valence-electron chi connectivity index (χ1n) is 6.59. The molecular weight excluding hydrogens is 240 g/mol. The summed E-state index contributed by atoms with van der Waals surface area (Å²) in [6.45, 7) is 4.74. The van der Waals surface area contributed by atoms with E-state index >= 15 is 0 Å². The van der Waals surface area contributed by atoms with Gasteiger partial charge < -0.3 is 4.74 Å². The first kappa shape index (κ1) is 13.7. The predicted molar refractivity (Wildman–Crippen MR) is 72.0 cm³/mol. The van der Waals surface area contributed by atoms with E-state index in [1.165, 1.54) is 0 Å². The Hall–Kier alpha value is -1.70. The molecule has 4 nitrogen and oxygen atoms in total. The summed E-state index contributed by atoms with van der Waals surface area (Å²) in [6.07, 6.45) is 0.987. The van der Waals surface area contributed by atoms with Crippen LogP contribution in [0.15, 0.2) is 24.3 Å². The smallest absolute Gasteiger partial charge is 0.176 e. The number of benzene rings is 1. The molecule has 0 bridgehead atoms. The molecule has 0 aromatic heterocycles. The Kier molecular flexibility index (Phi) is 4.67. The molecule has 0 amide bonds. The molecule has 1 atom stereocenters. The van der Waals surface area contributed by atoms with E-state index in [1.807, 2.05) is 0 Å². The van der Waals surface area contributed by atoms with Gasteiger partial charge in [-0.1, -0.05) is 19.1 Å². The van der Waals surface area contributed by atoms with Crippen molar-refractivity contribution in [1.82, 2.24) is 4.90 Å². The van der Waals surface area contributed by atoms with Gasteiger partial charge in [-0.05, 0) is 18.6 Å². The molecule has 4 heteroatoms. The van der Waals surface area contributed by atoms with Gasteiger partial charge >= 0.3 is 0 Å². The fraction of sp³-hybridized carbons (Fsp3) is 0.467. The number of rotatable bonds is 4. The van der Waals surface area contributed by atoms with Gasteiger partial charge in [0.1, 0.15) is 0 Å². The summed E-state index contributed by atoms with van der Waals surface area (Å²) < 4.78 is 5.43. The van der Waals surface area contributed by atoms with E-state index in [4.69, 9.17) is 10.00 Å². The van der Waals surface area contributed by atoms with Crippen LogP contribution in [0.5, 0.6) is 0 Å². The lowest BCUT2D eigenvalue weighted by Gasteiger charge is -2.34. The number of ketones is 1. The highest BCUT2D eigenvalue weighted by Gasteiger charge is 2.23. The molecule has 0 N–H and O–H groups in total. The standard InChI is InChI=1S/C15H18N2O2/c1-2-14-11-19-8-7-17(14)10-15(18)13-5-3-12(9-16)4-6-13/h3-6,14H,2,7-8,10-11H2,1H3. The van der Waals surface area contributed by atoms with Gasteiger partial charge in [0.25, 0.3) is 0 Å². The van der Waals surface area contributed by atoms with Gasteiger partial charge in [-0.25, -0.2) is 0 Å². The SMILES string of the molecule is CCC1COCCN1CC(=O)c1ccc(C#N)cc1. The van der Waals surface area contributed by atoms with Gasteiger partial charge in [0.2, 0.25) is 0 Å². The van der Waals surface area contributed by atoms with Gasteiger partial charge in [0.05, 0.1) is 31.4 Å². The highest BCUT2D eigenvalue weighted by Crippen LogP contribution is 2.12. The largest absolute Gasteiger partial charge is 0.378 e. The van der Waals surface area contributed by atoms with Crippen molar-refractivity contribution in [1.29, 1.82) is 5.26 Å². The Bertz CT molecular complexity index is 476. The first-order valence-corrected chi connectivity index (χ1v) is 6.59. The molecule has 1 heterocycles. The van der Waals surface area contributed by atoms with E-state index in [-0.39, 0.29) is 5.78 Å². The molecule has 19 heavy (non-hydrogen) atoms. The second-order valence-electron chi connectivity index (χ2n) is 4.72. The molecule has 1 fully saturated rings. The van der Waals surface area contributed by atoms with Crippen molar-refractivity contribution in [2.45, 2.75) is 19.4 Å². The number of morpholine rings is 1. The number of nitrogens with zero attached hydrogens (tertiary/aromatic N) is 2. The van der Waals surface area contributed by atoms with Gasteiger partial charge in [0, 0.05) is 18.2 Å². The number of hydrogen-bond acceptors (Lipinski definition) is 4. The second-order valence-corrected chi connectivity index (χ2v) is 4.72. The molecule has 1 saturated heterocycles. The van der Waals surface area contributed by atoms with Crippen LogP contribution in [0.3, 0.4) is 0 Å². The number of ether oxygens (including phenoxy) is 1. The summed E-state index contributed by atoms with van der Waals surface area (Å²) in [5, 5.41) is 8.74. The van der Waals surface area contributed by atoms with Gasteiger partial charge in [-0.15, -0.1) is 0 Å². The van der Waals surface area contributed by atoms with E-state index in [1.54, 1.807) is 24.3 Å². The van der Waals surface area contributed by atoms with Crippen LogP contribution < -0.4 is 0 Å². The number of nitriles is 1. The maximum Gasteiger partial charge on any atom is 0.176 e. The van der Waals surface area contributed by atoms with Crippen molar-refractivity contribution in [3.8, 4) is 6.07 Å². The minimum Gasteiger partial charge on any atom is -0.378 e. The summed E-state index contributed by atoms with van der Waals surface area (Å²) in [7, 11) is 0. The van der Waals surface area contributed by atoms with Crippen LogP contribution >= 0.6 is 0 Å². The molecular formula is C15H18N2O2. The van der Waals surface area contributed by atoms with Crippen molar-refractivity contribution < 1.29 is 9.53 Å². The zero-order chi connectivity index (χ0) is 13.7. The molecule has 1 aliphatic rings. The molecule has 0 saturated carbocycles. The lowest BCUT2D eigenvalue weighted by molar-refractivity contribution is -0.00585. The topological polar surface area (TPSA) is 53.3 Å². The van der Waals surface area contributed by atoms with Gasteiger partial charge in [-0.3, -0.25) is 9.69 Å². The van der Waals surface area contributed by atoms with E-state index in [2.05, 4.69) is 17.9 Å². The first-order chi connectivity index (χ1) is 9.24. The Morgan fingerprint density at radius 3 is 2.84 bits per heavy atom. The van der Waals surface area contributed by atoms with E-state index in [9.17, 15) is 4.79 Å². The second kappa shape index (κ2) is 6.46. The molecule has 1 unspecified atom stereocenters. The van der Waals surface area contributed by atoms with Crippen molar-refractivity contribution in [2.75, 3.05) is 26.3 Å². The molecule has 1 aromatic carbocycles. The number of carbonyl (C=O) groups excluding carboxylic acids is 1. The summed E-state index contributed by atoms with van der Waals surface area (Å²) in [5.74, 6) is 0.102. The minimum atomic E-state index is 0.102. The van der Waals surface area contributed by atoms with Crippen LogP contribution in [-0.4, -0.2) is 43.0 Å². The minimum absolute atomic E-state index is 0.102. The summed E-state index contributed by atoms with van der Waals surface area (Å²) in [4.78, 5) is 14.4. The molecule has 0 radical (unpaired) electrons. The van der Waals surface area contributed by atoms with E-state index in [0.717, 1.165) is 13.0 Å². The zero-order valence-electron chi connectivity index (χ0n) is 11.1. The van der Waals surface area contributed by atoms with E-state index < -0.39 is 0 Å². The third-order valence-corrected chi connectivity index (χ3v) is 3.50. The van der Waals surface area contributed by atoms with Crippen LogP contribution in [0.4, 0.5) is 0 Å². The normalized spacial score (nSPS) is 19.9. The molecule has 0 aliphatic carbocycles. The monoisotopic (exact) mass is 258 g/mol. The Morgan fingerprint density at radius 1 is 1.47 bits per heavy atom. The summed E-state index contributed by atoms with van der Waals surface area (Å²) in [6, 6.07) is 9.20. The highest BCUT2D eigenvalue weighted by molar-refractivity contribution is 5.97. The fourth-order valence-electron chi connectivity index (χ4n) is 2.28. The Balaban J connectivity index is 2.01. The Labute approximate surface area is 113 Å². The average Bonchev–Trinajstić information content (AvgIpc) is 2.48. The zero-order valence-corrected chi connectivity index (χ0v) is 11.1. The van der Waals surface area contributed by atoms with Crippen molar-refractivity contribution >= 4 is 5.78 Å². The van der Waals surface area contributed by atoms with Crippen LogP contribution in [-0.2, 0) is 4.74 Å². The number of Topliss-reactive ketones (excluding diaryl/α,β-unsaturated/α-hetero) is 1. The highest BCUT2D eigenvalue weighted by atomic mass is 16.5. The summed E-state index contributed by atoms with van der Waals surface area (Å²) >= 11 is 0. The van der Waals surface area contributed by atoms with Crippen LogP contribution in [0.1, 0.15) is 29.3 Å². The molecule has 0 spiro atoms. The number of carbonyl (C=O) groups is 1. The summed E-state index contributed by atoms with van der Waals surface area (Å²) in [5.41, 5.74) is 1.25. The maximum atomic E-state index is 12.2. The number of hydrogen-bond donors (Lipinski definition) is 0. The van der Waals surface area contributed by atoms with Crippen molar-refractivity contribution in [3.63, 3.8) is 0 Å². The Morgan fingerprint density at radius 2 is 2.21 bits per heavy atom. The van der Waals surface area contributed by atoms with Gasteiger partial charge in [-0.2, -0.15) is 5.26 Å². The third-order valence-electron chi connectivity index (χ3n) is 3.50. The molecule has 2 rings (SSSR count). The predicted octanol–water partition coefficient (Wildman–Crippen LogP) is 1.85. The fourth-order valence-corrected chi connectivity index (χ4v) is 2.28. The van der Waals surface area contributed by atoms with Crippen LogP contribution in [0.25, 0.3) is 0 Å². The molecule has 1 aromatic rings. The van der Waals surface area contributed by atoms with Crippen molar-refractivity contribution in [2.24, 2.45) is 0 Å². The third kappa shape index (κ3) is 3.40. The quantitative estimate of drug-likeness (QED) is 0.773. The maximum absolute atomic E-state index is 12.2.